The Bertz CT molecular complexity index is 1270. The van der Waals surface area contributed by atoms with E-state index in [1.165, 1.54) is 0 Å². The van der Waals surface area contributed by atoms with Gasteiger partial charge in [-0.15, -0.1) is 0 Å². The average Bonchev–Trinajstić information content (AvgIpc) is 2.95. The van der Waals surface area contributed by atoms with Crippen molar-refractivity contribution in [2.75, 3.05) is 0 Å². The molecule has 0 radical (unpaired) electrons. The lowest BCUT2D eigenvalue weighted by Gasteiger charge is -2.31. The van der Waals surface area contributed by atoms with Crippen molar-refractivity contribution in [1.82, 2.24) is 15.2 Å². The maximum Gasteiger partial charge on any atom is 0.243 e. The van der Waals surface area contributed by atoms with Crippen LogP contribution in [0.25, 0.3) is 0 Å². The molecule has 6 heteroatoms. The third kappa shape index (κ3) is 8.02. The summed E-state index contributed by atoms with van der Waals surface area (Å²) >= 11 is 6.10. The molecule has 0 spiro atoms. The minimum atomic E-state index is -0.682. The zero-order valence-electron chi connectivity index (χ0n) is 20.6. The van der Waals surface area contributed by atoms with E-state index in [2.05, 4.69) is 10.3 Å². The lowest BCUT2D eigenvalue weighted by atomic mass is 10.0. The zero-order valence-corrected chi connectivity index (χ0v) is 21.4. The van der Waals surface area contributed by atoms with Crippen molar-refractivity contribution in [1.29, 1.82) is 0 Å². The second kappa shape index (κ2) is 13.4. The molecule has 0 saturated carbocycles. The molecule has 0 aliphatic heterocycles. The zero-order chi connectivity index (χ0) is 25.9. The predicted molar refractivity (Wildman–Crippen MR) is 147 cm³/mol. The highest BCUT2D eigenvalue weighted by atomic mass is 35.5. The Balaban J connectivity index is 1.60. The number of carbonyl (C=O) groups excluding carboxylic acids is 2. The number of amides is 2. The van der Waals surface area contributed by atoms with E-state index in [1.807, 2.05) is 84.9 Å². The van der Waals surface area contributed by atoms with Gasteiger partial charge in [0.25, 0.3) is 0 Å². The molecular formula is C31H30ClN3O2. The number of halogens is 1. The molecule has 0 fully saturated rings. The molecule has 1 N–H and O–H groups in total. The fourth-order valence-electron chi connectivity index (χ4n) is 4.19. The van der Waals surface area contributed by atoms with Crippen LogP contribution in [-0.4, -0.2) is 27.7 Å². The number of hydrogen-bond donors (Lipinski definition) is 1. The summed E-state index contributed by atoms with van der Waals surface area (Å²) in [7, 11) is 0. The van der Waals surface area contributed by atoms with E-state index in [0.717, 1.165) is 22.3 Å². The van der Waals surface area contributed by atoms with E-state index in [0.29, 0.717) is 37.4 Å². The van der Waals surface area contributed by atoms with E-state index >= 15 is 0 Å². The second-order valence-corrected chi connectivity index (χ2v) is 9.35. The molecule has 1 atom stereocenters. The first kappa shape index (κ1) is 26.1. The summed E-state index contributed by atoms with van der Waals surface area (Å²) in [4.78, 5) is 33.2. The van der Waals surface area contributed by atoms with Crippen molar-refractivity contribution < 1.29 is 9.59 Å². The van der Waals surface area contributed by atoms with Crippen LogP contribution >= 0.6 is 11.6 Å². The third-order valence-electron chi connectivity index (χ3n) is 6.20. The van der Waals surface area contributed by atoms with Gasteiger partial charge in [-0.1, -0.05) is 90.5 Å². The monoisotopic (exact) mass is 511 g/mol. The van der Waals surface area contributed by atoms with Crippen LogP contribution in [0.2, 0.25) is 5.02 Å². The molecule has 188 valence electrons. The summed E-state index contributed by atoms with van der Waals surface area (Å²) in [5, 5.41) is 3.66. The molecule has 4 aromatic rings. The molecular weight excluding hydrogens is 482 g/mol. The topological polar surface area (TPSA) is 62.3 Å². The van der Waals surface area contributed by atoms with Crippen molar-refractivity contribution in [3.63, 3.8) is 0 Å². The van der Waals surface area contributed by atoms with Gasteiger partial charge in [0.2, 0.25) is 11.8 Å². The molecule has 2 amide bonds. The summed E-state index contributed by atoms with van der Waals surface area (Å²) < 4.78 is 0. The van der Waals surface area contributed by atoms with Crippen LogP contribution in [0.15, 0.2) is 109 Å². The molecule has 0 aliphatic rings. The molecule has 0 aliphatic carbocycles. The summed E-state index contributed by atoms with van der Waals surface area (Å²) in [5.41, 5.74) is 3.88. The summed E-state index contributed by atoms with van der Waals surface area (Å²) in [5.74, 6) is -0.272. The van der Waals surface area contributed by atoms with E-state index in [4.69, 9.17) is 11.6 Å². The highest BCUT2D eigenvalue weighted by Gasteiger charge is 2.30. The first-order valence-electron chi connectivity index (χ1n) is 12.4. The van der Waals surface area contributed by atoms with Crippen LogP contribution in [-0.2, 0) is 35.5 Å². The molecule has 1 heterocycles. The summed E-state index contributed by atoms with van der Waals surface area (Å²) in [6, 6.07) is 30.2. The summed E-state index contributed by atoms with van der Waals surface area (Å²) in [6.45, 7) is 0.646. The Kier molecular flexibility index (Phi) is 9.44. The first-order chi connectivity index (χ1) is 18.1. The van der Waals surface area contributed by atoms with Gasteiger partial charge in [-0.3, -0.25) is 14.6 Å². The van der Waals surface area contributed by atoms with E-state index in [1.54, 1.807) is 29.4 Å². The van der Waals surface area contributed by atoms with Crippen LogP contribution in [0.5, 0.6) is 0 Å². The Labute approximate surface area is 223 Å². The molecule has 0 bridgehead atoms. The van der Waals surface area contributed by atoms with E-state index in [-0.39, 0.29) is 11.8 Å². The normalized spacial score (nSPS) is 11.5. The smallest absolute Gasteiger partial charge is 0.243 e. The molecule has 0 unspecified atom stereocenters. The van der Waals surface area contributed by atoms with Crippen molar-refractivity contribution in [2.24, 2.45) is 0 Å². The number of aryl methyl sites for hydroxylation is 1. The summed E-state index contributed by atoms with van der Waals surface area (Å²) in [6.07, 6.45) is 4.74. The lowest BCUT2D eigenvalue weighted by molar-refractivity contribution is -0.141. The van der Waals surface area contributed by atoms with Gasteiger partial charge in [-0.05, 0) is 46.9 Å². The number of pyridine rings is 1. The molecule has 4 rings (SSSR count). The minimum absolute atomic E-state index is 0.0729. The van der Waals surface area contributed by atoms with Gasteiger partial charge in [0.15, 0.2) is 0 Å². The number of nitrogens with zero attached hydrogens (tertiary/aromatic N) is 2. The molecule has 5 nitrogen and oxygen atoms in total. The van der Waals surface area contributed by atoms with Gasteiger partial charge in [0.1, 0.15) is 6.04 Å². The minimum Gasteiger partial charge on any atom is -0.350 e. The van der Waals surface area contributed by atoms with E-state index in [9.17, 15) is 9.59 Å². The number of benzene rings is 3. The SMILES string of the molecule is O=C(NCc1cccnc1)[C@@H](Cc1ccccc1)N(Cc1ccc(Cl)cc1)C(=O)CCc1ccccc1. The van der Waals surface area contributed by atoms with Gasteiger partial charge in [-0.25, -0.2) is 0 Å². The van der Waals surface area contributed by atoms with Gasteiger partial charge >= 0.3 is 0 Å². The van der Waals surface area contributed by atoms with Gasteiger partial charge < -0.3 is 10.2 Å². The van der Waals surface area contributed by atoms with Crippen LogP contribution in [0.3, 0.4) is 0 Å². The second-order valence-electron chi connectivity index (χ2n) is 8.92. The maximum absolute atomic E-state index is 13.7. The first-order valence-corrected chi connectivity index (χ1v) is 12.7. The number of rotatable bonds is 11. The van der Waals surface area contributed by atoms with Crippen LogP contribution < -0.4 is 5.32 Å². The Morgan fingerprint density at radius 3 is 2.08 bits per heavy atom. The molecule has 37 heavy (non-hydrogen) atoms. The third-order valence-corrected chi connectivity index (χ3v) is 6.45. The van der Waals surface area contributed by atoms with Crippen molar-refractivity contribution >= 4 is 23.4 Å². The predicted octanol–water partition coefficient (Wildman–Crippen LogP) is 5.62. The number of nitrogens with one attached hydrogen (secondary N) is 1. The van der Waals surface area contributed by atoms with E-state index < -0.39 is 6.04 Å². The Morgan fingerprint density at radius 2 is 1.43 bits per heavy atom. The number of aromatic nitrogens is 1. The van der Waals surface area contributed by atoms with Crippen LogP contribution in [0.1, 0.15) is 28.7 Å². The maximum atomic E-state index is 13.7. The molecule has 1 aromatic heterocycles. The van der Waals surface area contributed by atoms with Crippen molar-refractivity contribution in [3.05, 3.63) is 137 Å². The average molecular weight is 512 g/mol. The van der Waals surface area contributed by atoms with Crippen LogP contribution in [0, 0.1) is 0 Å². The Morgan fingerprint density at radius 1 is 0.784 bits per heavy atom. The largest absolute Gasteiger partial charge is 0.350 e. The number of carbonyl (C=O) groups is 2. The standard InChI is InChI=1S/C31H30ClN3O2/c32-28-16-13-26(14-17-28)23-35(30(36)18-15-24-8-3-1-4-9-24)29(20-25-10-5-2-6-11-25)31(37)34-22-27-12-7-19-33-21-27/h1-14,16-17,19,21,29H,15,18,20,22-23H2,(H,34,37)/t29-/m1/s1. The van der Waals surface area contributed by atoms with Gasteiger partial charge in [0.05, 0.1) is 0 Å². The van der Waals surface area contributed by atoms with Crippen molar-refractivity contribution in [2.45, 2.75) is 38.4 Å². The fraction of sp³-hybridized carbons (Fsp3) is 0.194. The lowest BCUT2D eigenvalue weighted by Crippen LogP contribution is -2.50. The Hall–Kier alpha value is -3.96. The van der Waals surface area contributed by atoms with Crippen LogP contribution in [0.4, 0.5) is 0 Å². The van der Waals surface area contributed by atoms with Gasteiger partial charge in [0, 0.05) is 43.3 Å². The fourth-order valence-corrected chi connectivity index (χ4v) is 4.32. The molecule has 3 aromatic carbocycles. The highest BCUT2D eigenvalue weighted by molar-refractivity contribution is 6.30. The van der Waals surface area contributed by atoms with Gasteiger partial charge in [-0.2, -0.15) is 0 Å². The molecule has 0 saturated heterocycles. The quantitative estimate of drug-likeness (QED) is 0.284. The highest BCUT2D eigenvalue weighted by Crippen LogP contribution is 2.18. The van der Waals surface area contributed by atoms with Crippen molar-refractivity contribution in [3.8, 4) is 0 Å². The number of hydrogen-bond acceptors (Lipinski definition) is 3.